The molecule has 1 saturated carbocycles. The van der Waals surface area contributed by atoms with Gasteiger partial charge in [0.15, 0.2) is 0 Å². The fraction of sp³-hybridized carbons (Fsp3) is 0.562. The standard InChI is InChI=1S/C16H24N2O/c1-11-7-14(10-16(2,3)9-11)18-13-6-4-5-12(8-13)15(17)19/h4-6,8,11,14,18H,7,9-10H2,1-3H3,(H2,17,19). The van der Waals surface area contributed by atoms with Gasteiger partial charge in [0.25, 0.3) is 0 Å². The summed E-state index contributed by atoms with van der Waals surface area (Å²) < 4.78 is 0. The minimum atomic E-state index is -0.374. The first kappa shape index (κ1) is 13.9. The molecule has 104 valence electrons. The van der Waals surface area contributed by atoms with Gasteiger partial charge in [0.2, 0.25) is 5.91 Å². The molecule has 19 heavy (non-hydrogen) atoms. The van der Waals surface area contributed by atoms with Crippen molar-refractivity contribution < 1.29 is 4.79 Å². The normalized spacial score (nSPS) is 25.8. The summed E-state index contributed by atoms with van der Waals surface area (Å²) in [7, 11) is 0. The van der Waals surface area contributed by atoms with E-state index in [1.807, 2.05) is 18.2 Å². The van der Waals surface area contributed by atoms with Crippen LogP contribution < -0.4 is 11.1 Å². The average Bonchev–Trinajstić information content (AvgIpc) is 2.26. The van der Waals surface area contributed by atoms with Crippen LogP contribution in [0.3, 0.4) is 0 Å². The third-order valence-corrected chi connectivity index (χ3v) is 3.90. The van der Waals surface area contributed by atoms with Crippen LogP contribution in [0.5, 0.6) is 0 Å². The first-order valence-electron chi connectivity index (χ1n) is 7.02. The van der Waals surface area contributed by atoms with E-state index in [1.54, 1.807) is 6.07 Å². The summed E-state index contributed by atoms with van der Waals surface area (Å²) >= 11 is 0. The van der Waals surface area contributed by atoms with Crippen LogP contribution >= 0.6 is 0 Å². The van der Waals surface area contributed by atoms with E-state index in [2.05, 4.69) is 26.1 Å². The van der Waals surface area contributed by atoms with Gasteiger partial charge >= 0.3 is 0 Å². The van der Waals surface area contributed by atoms with Gasteiger partial charge in [-0.15, -0.1) is 0 Å². The number of carbonyl (C=O) groups is 1. The molecule has 1 aliphatic carbocycles. The quantitative estimate of drug-likeness (QED) is 0.875. The minimum Gasteiger partial charge on any atom is -0.382 e. The van der Waals surface area contributed by atoms with Crippen LogP contribution in [0, 0.1) is 11.3 Å². The molecule has 3 nitrogen and oxygen atoms in total. The van der Waals surface area contributed by atoms with Crippen molar-refractivity contribution in [3.63, 3.8) is 0 Å². The number of hydrogen-bond donors (Lipinski definition) is 2. The average molecular weight is 260 g/mol. The van der Waals surface area contributed by atoms with Crippen molar-refractivity contribution in [2.75, 3.05) is 5.32 Å². The van der Waals surface area contributed by atoms with Gasteiger partial charge in [-0.3, -0.25) is 4.79 Å². The molecule has 2 rings (SSSR count). The molecule has 0 aliphatic heterocycles. The highest BCUT2D eigenvalue weighted by Crippen LogP contribution is 2.39. The van der Waals surface area contributed by atoms with Crippen LogP contribution in [-0.4, -0.2) is 11.9 Å². The molecule has 0 radical (unpaired) electrons. The molecular weight excluding hydrogens is 236 g/mol. The van der Waals surface area contributed by atoms with Crippen LogP contribution in [0.15, 0.2) is 24.3 Å². The molecule has 1 aliphatic rings. The number of primary amides is 1. The van der Waals surface area contributed by atoms with E-state index >= 15 is 0 Å². The van der Waals surface area contributed by atoms with E-state index in [-0.39, 0.29) is 5.91 Å². The molecule has 0 aromatic heterocycles. The Balaban J connectivity index is 2.08. The maximum atomic E-state index is 11.2. The SMILES string of the molecule is CC1CC(Nc2cccc(C(N)=O)c2)CC(C)(C)C1. The zero-order valence-corrected chi connectivity index (χ0v) is 12.1. The van der Waals surface area contributed by atoms with Crippen molar-refractivity contribution >= 4 is 11.6 Å². The van der Waals surface area contributed by atoms with Gasteiger partial charge in [0.05, 0.1) is 0 Å². The molecule has 0 spiro atoms. The molecule has 0 saturated heterocycles. The summed E-state index contributed by atoms with van der Waals surface area (Å²) in [6, 6.07) is 7.94. The summed E-state index contributed by atoms with van der Waals surface area (Å²) in [4.78, 5) is 11.2. The van der Waals surface area contributed by atoms with Crippen LogP contribution in [0.1, 0.15) is 50.4 Å². The number of carbonyl (C=O) groups excluding carboxylic acids is 1. The summed E-state index contributed by atoms with van der Waals surface area (Å²) in [5.41, 5.74) is 7.25. The Bertz CT molecular complexity index is 468. The van der Waals surface area contributed by atoms with Crippen molar-refractivity contribution in [1.82, 2.24) is 0 Å². The van der Waals surface area contributed by atoms with Crippen molar-refractivity contribution in [2.45, 2.75) is 46.1 Å². The topological polar surface area (TPSA) is 55.1 Å². The van der Waals surface area contributed by atoms with E-state index in [0.29, 0.717) is 17.0 Å². The van der Waals surface area contributed by atoms with Crippen LogP contribution in [0.4, 0.5) is 5.69 Å². The van der Waals surface area contributed by atoms with Gasteiger partial charge in [-0.2, -0.15) is 0 Å². The maximum Gasteiger partial charge on any atom is 0.248 e. The minimum absolute atomic E-state index is 0.374. The number of amides is 1. The number of benzene rings is 1. The second-order valence-electron chi connectivity index (χ2n) is 6.70. The third kappa shape index (κ3) is 3.72. The summed E-state index contributed by atoms with van der Waals surface area (Å²) in [6.07, 6.45) is 3.63. The van der Waals surface area contributed by atoms with Gasteiger partial charge in [0.1, 0.15) is 0 Å². The molecule has 3 N–H and O–H groups in total. The highest BCUT2D eigenvalue weighted by Gasteiger charge is 2.31. The number of nitrogens with two attached hydrogens (primary N) is 1. The second-order valence-corrected chi connectivity index (χ2v) is 6.70. The summed E-state index contributed by atoms with van der Waals surface area (Å²) in [5, 5.41) is 3.55. The Morgan fingerprint density at radius 3 is 2.74 bits per heavy atom. The van der Waals surface area contributed by atoms with E-state index in [0.717, 1.165) is 18.0 Å². The number of anilines is 1. The van der Waals surface area contributed by atoms with E-state index in [1.165, 1.54) is 12.8 Å². The number of rotatable bonds is 3. The van der Waals surface area contributed by atoms with Crippen LogP contribution in [0.25, 0.3) is 0 Å². The first-order valence-corrected chi connectivity index (χ1v) is 7.02. The molecule has 0 bridgehead atoms. The monoisotopic (exact) mass is 260 g/mol. The summed E-state index contributed by atoms with van der Waals surface area (Å²) in [5.74, 6) is 0.363. The van der Waals surface area contributed by atoms with Gasteiger partial charge in [0, 0.05) is 17.3 Å². The molecule has 2 unspecified atom stereocenters. The fourth-order valence-electron chi connectivity index (χ4n) is 3.45. The van der Waals surface area contributed by atoms with E-state index in [4.69, 9.17) is 5.73 Å². The van der Waals surface area contributed by atoms with Crippen molar-refractivity contribution in [3.8, 4) is 0 Å². The lowest BCUT2D eigenvalue weighted by Crippen LogP contribution is -2.35. The Hall–Kier alpha value is -1.51. The van der Waals surface area contributed by atoms with E-state index in [9.17, 15) is 4.79 Å². The van der Waals surface area contributed by atoms with Gasteiger partial charge < -0.3 is 11.1 Å². The number of nitrogens with one attached hydrogen (secondary N) is 1. The fourth-order valence-corrected chi connectivity index (χ4v) is 3.45. The van der Waals surface area contributed by atoms with Crippen molar-refractivity contribution in [2.24, 2.45) is 17.1 Å². The Kier molecular flexibility index (Phi) is 3.83. The third-order valence-electron chi connectivity index (χ3n) is 3.90. The largest absolute Gasteiger partial charge is 0.382 e. The maximum absolute atomic E-state index is 11.2. The van der Waals surface area contributed by atoms with Crippen molar-refractivity contribution in [1.29, 1.82) is 0 Å². The Morgan fingerprint density at radius 2 is 2.11 bits per heavy atom. The lowest BCUT2D eigenvalue weighted by atomic mass is 9.70. The van der Waals surface area contributed by atoms with Gasteiger partial charge in [-0.05, 0) is 48.8 Å². The molecule has 1 aromatic rings. The lowest BCUT2D eigenvalue weighted by molar-refractivity contribution is 0.1000. The molecule has 1 aromatic carbocycles. The molecule has 3 heteroatoms. The van der Waals surface area contributed by atoms with Gasteiger partial charge in [-0.25, -0.2) is 0 Å². The van der Waals surface area contributed by atoms with Crippen molar-refractivity contribution in [3.05, 3.63) is 29.8 Å². The highest BCUT2D eigenvalue weighted by atomic mass is 16.1. The Morgan fingerprint density at radius 1 is 1.37 bits per heavy atom. The molecule has 1 fully saturated rings. The zero-order chi connectivity index (χ0) is 14.0. The lowest BCUT2D eigenvalue weighted by Gasteiger charge is -2.39. The molecule has 2 atom stereocenters. The molecule has 1 amide bonds. The Labute approximate surface area is 115 Å². The van der Waals surface area contributed by atoms with Crippen LogP contribution in [-0.2, 0) is 0 Å². The predicted octanol–water partition coefficient (Wildman–Crippen LogP) is 3.41. The second kappa shape index (κ2) is 5.24. The van der Waals surface area contributed by atoms with E-state index < -0.39 is 0 Å². The highest BCUT2D eigenvalue weighted by molar-refractivity contribution is 5.93. The molecular formula is C16H24N2O. The van der Waals surface area contributed by atoms with Crippen LogP contribution in [0.2, 0.25) is 0 Å². The predicted molar refractivity (Wildman–Crippen MR) is 79.2 cm³/mol. The molecule has 0 heterocycles. The zero-order valence-electron chi connectivity index (χ0n) is 12.1. The first-order chi connectivity index (χ1) is 8.85. The van der Waals surface area contributed by atoms with Gasteiger partial charge in [-0.1, -0.05) is 26.8 Å². The smallest absolute Gasteiger partial charge is 0.248 e. The number of hydrogen-bond acceptors (Lipinski definition) is 2. The summed E-state index contributed by atoms with van der Waals surface area (Å²) in [6.45, 7) is 6.98.